The van der Waals surface area contributed by atoms with E-state index in [4.69, 9.17) is 0 Å². The molecule has 2 heterocycles. The average molecular weight is 291 g/mol. The lowest BCUT2D eigenvalue weighted by Gasteiger charge is -2.06. The Morgan fingerprint density at radius 1 is 1.40 bits per heavy atom. The van der Waals surface area contributed by atoms with Crippen LogP contribution in [0, 0.1) is 10.1 Å². The van der Waals surface area contributed by atoms with Crippen LogP contribution in [-0.4, -0.2) is 33.7 Å². The number of hydrogen-bond donors (Lipinski definition) is 1. The molecule has 0 bridgehead atoms. The van der Waals surface area contributed by atoms with Gasteiger partial charge in [0.05, 0.1) is 11.8 Å². The molecule has 1 amide bonds. The van der Waals surface area contributed by atoms with Crippen LogP contribution < -0.4 is 4.90 Å². The van der Waals surface area contributed by atoms with Crippen molar-refractivity contribution in [3.63, 3.8) is 0 Å². The molecule has 0 aromatic heterocycles. The van der Waals surface area contributed by atoms with E-state index in [2.05, 4.69) is 0 Å². The maximum absolute atomic E-state index is 11.5. The van der Waals surface area contributed by atoms with Crippen molar-refractivity contribution in [2.75, 3.05) is 13.1 Å². The number of rotatable bonds is 2. The molecule has 3 rings (SSSR count). The van der Waals surface area contributed by atoms with Crippen LogP contribution in [0.25, 0.3) is 5.70 Å². The zero-order chi connectivity index (χ0) is 14.3. The number of amides is 1. The molecular formula is C13H13N3O3S+2. The quantitative estimate of drug-likeness (QED) is 0.488. The number of nitro groups is 1. The number of amidine groups is 1. The number of hydrogen-bond acceptors (Lipinski definition) is 4. The van der Waals surface area contributed by atoms with E-state index >= 15 is 0 Å². The van der Waals surface area contributed by atoms with Crippen LogP contribution in [0.15, 0.2) is 29.7 Å². The minimum atomic E-state index is -0.403. The summed E-state index contributed by atoms with van der Waals surface area (Å²) in [6.45, 7) is 3.13. The number of thioether (sulfide) groups is 1. The molecule has 1 unspecified atom stereocenters. The highest BCUT2D eigenvalue weighted by Gasteiger charge is 2.45. The maximum atomic E-state index is 11.5. The number of quaternary nitrogens is 1. The molecule has 20 heavy (non-hydrogen) atoms. The number of benzene rings is 1. The number of carbonyl (C=O) groups excluding carboxylic acids is 1. The second kappa shape index (κ2) is 4.84. The molecule has 0 saturated carbocycles. The Kier molecular flexibility index (Phi) is 3.15. The first-order valence-corrected chi connectivity index (χ1v) is 7.09. The SMILES string of the molecule is CC(=O)[N+]1=C2SC=C(c3ccc([N+](=O)[O-])cc3)[NH+]2CC1. The highest BCUT2D eigenvalue weighted by Crippen LogP contribution is 2.23. The van der Waals surface area contributed by atoms with Gasteiger partial charge in [0.1, 0.15) is 0 Å². The Morgan fingerprint density at radius 2 is 2.10 bits per heavy atom. The molecule has 0 aliphatic carbocycles. The fraction of sp³-hybridized carbons (Fsp3) is 0.231. The Labute approximate surface area is 119 Å². The smallest absolute Gasteiger partial charge is 0.258 e. The van der Waals surface area contributed by atoms with E-state index in [-0.39, 0.29) is 11.6 Å². The van der Waals surface area contributed by atoms with Crippen LogP contribution in [0.1, 0.15) is 12.5 Å². The highest BCUT2D eigenvalue weighted by molar-refractivity contribution is 8.16. The third-order valence-corrected chi connectivity index (χ3v) is 4.52. The fourth-order valence-corrected chi connectivity index (χ4v) is 3.68. The van der Waals surface area contributed by atoms with E-state index in [9.17, 15) is 14.9 Å². The summed E-state index contributed by atoms with van der Waals surface area (Å²) < 4.78 is 1.79. The van der Waals surface area contributed by atoms with Crippen molar-refractivity contribution in [3.8, 4) is 0 Å². The lowest BCUT2D eigenvalue weighted by molar-refractivity contribution is -0.711. The summed E-state index contributed by atoms with van der Waals surface area (Å²) in [6.07, 6.45) is 0. The zero-order valence-corrected chi connectivity index (χ0v) is 11.6. The first-order valence-electron chi connectivity index (χ1n) is 6.21. The summed E-state index contributed by atoms with van der Waals surface area (Å²) in [6, 6.07) is 6.54. The van der Waals surface area contributed by atoms with Crippen molar-refractivity contribution >= 4 is 34.2 Å². The number of nitrogens with one attached hydrogen (secondary N) is 1. The molecule has 1 N–H and O–H groups in total. The summed E-state index contributed by atoms with van der Waals surface area (Å²) in [4.78, 5) is 23.0. The Hall–Kier alpha value is -1.99. The van der Waals surface area contributed by atoms with Gasteiger partial charge in [-0.1, -0.05) is 0 Å². The van der Waals surface area contributed by atoms with Gasteiger partial charge >= 0.3 is 11.1 Å². The van der Waals surface area contributed by atoms with Gasteiger partial charge in [0.2, 0.25) is 6.54 Å². The third kappa shape index (κ3) is 2.04. The van der Waals surface area contributed by atoms with Crippen molar-refractivity contribution in [2.24, 2.45) is 0 Å². The molecule has 102 valence electrons. The molecule has 2 aliphatic rings. The van der Waals surface area contributed by atoms with E-state index in [0.717, 1.165) is 29.5 Å². The number of fused-ring (bicyclic) bond motifs is 1. The van der Waals surface area contributed by atoms with Crippen LogP contribution in [-0.2, 0) is 4.79 Å². The van der Waals surface area contributed by atoms with Crippen molar-refractivity contribution in [3.05, 3.63) is 45.4 Å². The molecule has 2 aliphatic heterocycles. The van der Waals surface area contributed by atoms with Gasteiger partial charge in [-0.25, -0.2) is 9.69 Å². The molecule has 1 atom stereocenters. The second-order valence-corrected chi connectivity index (χ2v) is 5.52. The minimum absolute atomic E-state index is 0.0563. The fourth-order valence-electron chi connectivity index (χ4n) is 2.47. The molecule has 0 radical (unpaired) electrons. The minimum Gasteiger partial charge on any atom is -0.258 e. The molecule has 0 fully saturated rings. The molecule has 0 spiro atoms. The Bertz CT molecular complexity index is 664. The lowest BCUT2D eigenvalue weighted by Crippen LogP contribution is -3.09. The molecule has 7 heteroatoms. The third-order valence-electron chi connectivity index (χ3n) is 3.47. The van der Waals surface area contributed by atoms with E-state index in [1.807, 2.05) is 5.41 Å². The van der Waals surface area contributed by atoms with E-state index in [1.165, 1.54) is 17.0 Å². The van der Waals surface area contributed by atoms with Gasteiger partial charge in [0.15, 0.2) is 12.2 Å². The molecule has 6 nitrogen and oxygen atoms in total. The number of nitro benzene ring substituents is 1. The van der Waals surface area contributed by atoms with E-state index < -0.39 is 4.92 Å². The molecule has 1 aromatic carbocycles. The number of non-ortho nitro benzene ring substituents is 1. The van der Waals surface area contributed by atoms with Gasteiger partial charge < -0.3 is 0 Å². The van der Waals surface area contributed by atoms with Crippen LogP contribution in [0.3, 0.4) is 0 Å². The van der Waals surface area contributed by atoms with Crippen LogP contribution in [0.2, 0.25) is 0 Å². The number of carbonyl (C=O) groups is 1. The average Bonchev–Trinajstić information content (AvgIpc) is 2.99. The van der Waals surface area contributed by atoms with Crippen molar-refractivity contribution in [1.29, 1.82) is 0 Å². The van der Waals surface area contributed by atoms with Gasteiger partial charge in [-0.15, -0.1) is 4.58 Å². The highest BCUT2D eigenvalue weighted by atomic mass is 32.2. The van der Waals surface area contributed by atoms with Gasteiger partial charge in [-0.05, 0) is 12.1 Å². The van der Waals surface area contributed by atoms with Crippen LogP contribution in [0.5, 0.6) is 0 Å². The first-order chi connectivity index (χ1) is 9.58. The van der Waals surface area contributed by atoms with Gasteiger partial charge in [-0.3, -0.25) is 10.1 Å². The summed E-state index contributed by atoms with van der Waals surface area (Å²) in [5.74, 6) is 0.0563. The predicted molar refractivity (Wildman–Crippen MR) is 75.3 cm³/mol. The second-order valence-electron chi connectivity index (χ2n) is 4.66. The molecule has 0 saturated heterocycles. The van der Waals surface area contributed by atoms with E-state index in [0.29, 0.717) is 0 Å². The molecule has 1 aromatic rings. The standard InChI is InChI=1S/C13H12N3O3S/c1-9(17)14-6-7-15-12(8-20-13(14)15)10-2-4-11(5-3-10)16(18)19/h2-5,8H,6-7H2,1H3/q+1/p+1. The predicted octanol–water partition coefficient (Wildman–Crippen LogP) is 0.453. The van der Waals surface area contributed by atoms with Crippen LogP contribution in [0.4, 0.5) is 5.69 Å². The van der Waals surface area contributed by atoms with Crippen LogP contribution >= 0.6 is 11.8 Å². The van der Waals surface area contributed by atoms with Crippen molar-refractivity contribution in [2.45, 2.75) is 6.92 Å². The first kappa shape index (κ1) is 13.0. The maximum Gasteiger partial charge on any atom is 0.417 e. The van der Waals surface area contributed by atoms with Crippen molar-refractivity contribution < 1.29 is 19.2 Å². The zero-order valence-electron chi connectivity index (χ0n) is 10.8. The van der Waals surface area contributed by atoms with Gasteiger partial charge in [0.25, 0.3) is 5.69 Å². The van der Waals surface area contributed by atoms with E-state index in [1.54, 1.807) is 35.4 Å². The molecular weight excluding hydrogens is 278 g/mol. The summed E-state index contributed by atoms with van der Waals surface area (Å²) in [5, 5.41) is 13.7. The topological polar surface area (TPSA) is 67.7 Å². The number of nitrogens with zero attached hydrogens (tertiary/aromatic N) is 2. The largest absolute Gasteiger partial charge is 0.417 e. The monoisotopic (exact) mass is 291 g/mol. The lowest BCUT2D eigenvalue weighted by atomic mass is 10.1. The summed E-state index contributed by atoms with van der Waals surface area (Å²) in [7, 11) is 0. The normalized spacial score (nSPS) is 20.9. The van der Waals surface area contributed by atoms with Gasteiger partial charge in [-0.2, -0.15) is 0 Å². The Balaban J connectivity index is 1.90. The van der Waals surface area contributed by atoms with Crippen molar-refractivity contribution in [1.82, 2.24) is 0 Å². The summed E-state index contributed by atoms with van der Waals surface area (Å²) >= 11 is 1.55. The summed E-state index contributed by atoms with van der Waals surface area (Å²) in [5.41, 5.74) is 2.12. The van der Waals surface area contributed by atoms with Gasteiger partial charge in [0, 0.05) is 34.9 Å². The Morgan fingerprint density at radius 3 is 2.70 bits per heavy atom.